The van der Waals surface area contributed by atoms with E-state index < -0.39 is 16.1 Å². The van der Waals surface area contributed by atoms with Crippen molar-refractivity contribution < 1.29 is 22.7 Å². The van der Waals surface area contributed by atoms with Crippen molar-refractivity contribution in [3.63, 3.8) is 0 Å². The Morgan fingerprint density at radius 1 is 0.952 bits per heavy atom. The molecule has 8 nitrogen and oxygen atoms in total. The monoisotopic (exact) mass is 613 g/mol. The van der Waals surface area contributed by atoms with E-state index in [2.05, 4.69) is 5.32 Å². The highest BCUT2D eigenvalue weighted by Gasteiger charge is 2.30. The highest BCUT2D eigenvalue weighted by molar-refractivity contribution is 7.92. The molecule has 10 heteroatoms. The van der Waals surface area contributed by atoms with Crippen LogP contribution in [0.2, 0.25) is 5.02 Å². The van der Waals surface area contributed by atoms with Crippen LogP contribution in [0.4, 0.5) is 5.69 Å². The molecule has 3 rings (SSSR count). The summed E-state index contributed by atoms with van der Waals surface area (Å²) >= 11 is 6.25. The molecule has 0 heterocycles. The van der Waals surface area contributed by atoms with E-state index in [1.54, 1.807) is 41.3 Å². The summed E-state index contributed by atoms with van der Waals surface area (Å²) in [5.41, 5.74) is 2.14. The van der Waals surface area contributed by atoms with Gasteiger partial charge < -0.3 is 15.0 Å². The van der Waals surface area contributed by atoms with E-state index in [4.69, 9.17) is 16.3 Å². The van der Waals surface area contributed by atoms with E-state index in [1.165, 1.54) is 4.31 Å². The fourth-order valence-corrected chi connectivity index (χ4v) is 5.86. The van der Waals surface area contributed by atoms with Gasteiger partial charge in [0.15, 0.2) is 0 Å². The predicted octanol–water partition coefficient (Wildman–Crippen LogP) is 5.45. The fraction of sp³-hybridized carbons (Fsp3) is 0.375. The third-order valence-corrected chi connectivity index (χ3v) is 8.06. The zero-order chi connectivity index (χ0) is 30.5. The number of anilines is 1. The van der Waals surface area contributed by atoms with Crippen LogP contribution in [-0.4, -0.2) is 57.1 Å². The second-order valence-electron chi connectivity index (χ2n) is 9.99. The van der Waals surface area contributed by atoms with Gasteiger partial charge in [0.25, 0.3) is 0 Å². The predicted molar refractivity (Wildman–Crippen MR) is 168 cm³/mol. The van der Waals surface area contributed by atoms with Crippen LogP contribution in [0.15, 0.2) is 78.9 Å². The number of halogens is 1. The first-order chi connectivity index (χ1) is 20.1. The Labute approximate surface area is 254 Å². The molecule has 0 aliphatic carbocycles. The van der Waals surface area contributed by atoms with Crippen LogP contribution in [0.3, 0.4) is 0 Å². The third kappa shape index (κ3) is 9.77. The number of hydrogen-bond donors (Lipinski definition) is 1. The highest BCUT2D eigenvalue weighted by atomic mass is 35.5. The van der Waals surface area contributed by atoms with Gasteiger partial charge in [0, 0.05) is 37.5 Å². The first-order valence-corrected chi connectivity index (χ1v) is 16.4. The Balaban J connectivity index is 1.89. The SMILES string of the molecule is CCCNC(=O)C(Cc1ccccc1)N(Cc1cccc(Cl)c1)C(=O)CCCN(c1ccccc1OCC)S(C)(=O)=O. The molecule has 0 saturated carbocycles. The second-order valence-corrected chi connectivity index (χ2v) is 12.3. The molecule has 0 saturated heterocycles. The number of carbonyl (C=O) groups excluding carboxylic acids is 2. The lowest BCUT2D eigenvalue weighted by molar-refractivity contribution is -0.141. The van der Waals surface area contributed by atoms with Crippen LogP contribution in [-0.2, 0) is 32.6 Å². The zero-order valence-electron chi connectivity index (χ0n) is 24.5. The van der Waals surface area contributed by atoms with Crippen molar-refractivity contribution in [1.82, 2.24) is 10.2 Å². The fourth-order valence-electron chi connectivity index (χ4n) is 4.68. The van der Waals surface area contributed by atoms with Crippen LogP contribution < -0.4 is 14.4 Å². The molecule has 1 N–H and O–H groups in total. The van der Waals surface area contributed by atoms with Crippen LogP contribution in [0, 0.1) is 0 Å². The standard InChI is InChI=1S/C32H40ClN3O5S/c1-4-20-34-32(38)29(23-25-13-7-6-8-14-25)35(24-26-15-11-16-27(33)22-26)31(37)19-12-21-36(42(3,39)40)28-17-9-10-18-30(28)41-5-2/h6-11,13-18,22,29H,4-5,12,19-21,23-24H2,1-3H3,(H,34,38). The quantitative estimate of drug-likeness (QED) is 0.232. The van der Waals surface area contributed by atoms with Crippen molar-refractivity contribution in [2.45, 2.75) is 52.1 Å². The number of nitrogens with one attached hydrogen (secondary N) is 1. The smallest absolute Gasteiger partial charge is 0.243 e. The molecular weight excluding hydrogens is 574 g/mol. The van der Waals surface area contributed by atoms with Gasteiger partial charge in [-0.15, -0.1) is 0 Å². The molecule has 0 aliphatic rings. The van der Waals surface area contributed by atoms with Gasteiger partial charge in [-0.3, -0.25) is 13.9 Å². The maximum Gasteiger partial charge on any atom is 0.243 e. The zero-order valence-corrected chi connectivity index (χ0v) is 26.0. The summed E-state index contributed by atoms with van der Waals surface area (Å²) < 4.78 is 32.5. The van der Waals surface area contributed by atoms with Crippen LogP contribution in [0.5, 0.6) is 5.75 Å². The Bertz CT molecular complexity index is 1420. The average Bonchev–Trinajstić information content (AvgIpc) is 2.96. The molecule has 1 unspecified atom stereocenters. The summed E-state index contributed by atoms with van der Waals surface area (Å²) in [5, 5.41) is 3.49. The number of benzene rings is 3. The lowest BCUT2D eigenvalue weighted by atomic mass is 10.0. The van der Waals surface area contributed by atoms with Crippen LogP contribution in [0.1, 0.15) is 44.2 Å². The molecule has 2 amide bonds. The molecule has 0 spiro atoms. The van der Waals surface area contributed by atoms with Gasteiger partial charge >= 0.3 is 0 Å². The average molecular weight is 614 g/mol. The molecule has 3 aromatic rings. The maximum absolute atomic E-state index is 13.9. The van der Waals surface area contributed by atoms with Gasteiger partial charge in [-0.25, -0.2) is 8.42 Å². The van der Waals surface area contributed by atoms with Crippen LogP contribution in [0.25, 0.3) is 0 Å². The third-order valence-electron chi connectivity index (χ3n) is 6.65. The summed E-state index contributed by atoms with van der Waals surface area (Å²) in [6.45, 7) is 4.93. The van der Waals surface area contributed by atoms with E-state index >= 15 is 0 Å². The molecule has 0 radical (unpaired) electrons. The van der Waals surface area contributed by atoms with Crippen molar-refractivity contribution in [3.8, 4) is 5.75 Å². The molecule has 226 valence electrons. The lowest BCUT2D eigenvalue weighted by Gasteiger charge is -2.32. The summed E-state index contributed by atoms with van der Waals surface area (Å²) in [4.78, 5) is 29.0. The summed E-state index contributed by atoms with van der Waals surface area (Å²) in [6.07, 6.45) is 2.51. The Morgan fingerprint density at radius 2 is 1.64 bits per heavy atom. The van der Waals surface area contributed by atoms with Gasteiger partial charge in [-0.1, -0.05) is 73.1 Å². The lowest BCUT2D eigenvalue weighted by Crippen LogP contribution is -2.50. The molecule has 1 atom stereocenters. The number of para-hydroxylation sites is 2. The molecule has 0 aromatic heterocycles. The number of amides is 2. The van der Waals surface area contributed by atoms with E-state index in [0.29, 0.717) is 36.0 Å². The number of rotatable bonds is 16. The Hall–Kier alpha value is -3.56. The molecule has 3 aromatic carbocycles. The van der Waals surface area contributed by atoms with E-state index in [-0.39, 0.29) is 37.7 Å². The number of nitrogens with zero attached hydrogens (tertiary/aromatic N) is 2. The normalized spacial score (nSPS) is 11.9. The molecular formula is C32H40ClN3O5S. The topological polar surface area (TPSA) is 96.0 Å². The number of carbonyl (C=O) groups is 2. The molecule has 0 aliphatic heterocycles. The summed E-state index contributed by atoms with van der Waals surface area (Å²) in [7, 11) is -3.66. The van der Waals surface area contributed by atoms with Crippen molar-refractivity contribution in [2.75, 3.05) is 30.3 Å². The van der Waals surface area contributed by atoms with Gasteiger partial charge in [0.2, 0.25) is 21.8 Å². The van der Waals surface area contributed by atoms with E-state index in [1.807, 2.05) is 56.3 Å². The summed E-state index contributed by atoms with van der Waals surface area (Å²) in [6, 6.07) is 23.0. The Morgan fingerprint density at radius 3 is 2.31 bits per heavy atom. The van der Waals surface area contributed by atoms with Gasteiger partial charge in [-0.05, 0) is 55.2 Å². The summed E-state index contributed by atoms with van der Waals surface area (Å²) in [5.74, 6) is -0.0385. The van der Waals surface area contributed by atoms with E-state index in [9.17, 15) is 18.0 Å². The minimum atomic E-state index is -3.66. The van der Waals surface area contributed by atoms with Gasteiger partial charge in [-0.2, -0.15) is 0 Å². The van der Waals surface area contributed by atoms with Crippen molar-refractivity contribution in [3.05, 3.63) is 95.0 Å². The second kappa shape index (κ2) is 16.2. The van der Waals surface area contributed by atoms with Gasteiger partial charge in [0.05, 0.1) is 18.6 Å². The number of sulfonamides is 1. The van der Waals surface area contributed by atoms with Crippen molar-refractivity contribution >= 4 is 39.1 Å². The highest BCUT2D eigenvalue weighted by Crippen LogP contribution is 2.30. The minimum Gasteiger partial charge on any atom is -0.492 e. The van der Waals surface area contributed by atoms with Crippen molar-refractivity contribution in [1.29, 1.82) is 0 Å². The number of hydrogen-bond acceptors (Lipinski definition) is 5. The van der Waals surface area contributed by atoms with Crippen LogP contribution >= 0.6 is 11.6 Å². The first kappa shape index (κ1) is 32.9. The molecule has 0 bridgehead atoms. The van der Waals surface area contributed by atoms with Gasteiger partial charge in [0.1, 0.15) is 11.8 Å². The largest absolute Gasteiger partial charge is 0.492 e. The number of ether oxygens (including phenoxy) is 1. The first-order valence-electron chi connectivity index (χ1n) is 14.2. The molecule has 0 fully saturated rings. The van der Waals surface area contributed by atoms with E-state index in [0.717, 1.165) is 23.8 Å². The maximum atomic E-state index is 13.9. The molecule has 42 heavy (non-hydrogen) atoms. The minimum absolute atomic E-state index is 0.0374. The Kier molecular flexibility index (Phi) is 12.7. The van der Waals surface area contributed by atoms with Crippen molar-refractivity contribution in [2.24, 2.45) is 0 Å².